The molecule has 0 bridgehead atoms. The van der Waals surface area contributed by atoms with E-state index in [2.05, 4.69) is 13.5 Å². The highest BCUT2D eigenvalue weighted by molar-refractivity contribution is 7.55. The summed E-state index contributed by atoms with van der Waals surface area (Å²) in [5.74, 6) is 0.567. The van der Waals surface area contributed by atoms with E-state index in [1.807, 2.05) is 44.2 Å². The van der Waals surface area contributed by atoms with E-state index >= 15 is 0 Å². The summed E-state index contributed by atoms with van der Waals surface area (Å²) in [7, 11) is -1.90. The Bertz CT molecular complexity index is 1000. The molecule has 3 rings (SSSR count). The van der Waals surface area contributed by atoms with E-state index < -0.39 is 7.60 Å². The van der Waals surface area contributed by atoms with Crippen LogP contribution in [-0.2, 0) is 15.5 Å². The third-order valence-electron chi connectivity index (χ3n) is 6.37. The van der Waals surface area contributed by atoms with Gasteiger partial charge in [-0.2, -0.15) is 0 Å². The zero-order valence-corrected chi connectivity index (χ0v) is 20.8. The summed E-state index contributed by atoms with van der Waals surface area (Å²) in [4.78, 5) is 0. The summed E-state index contributed by atoms with van der Waals surface area (Å²) in [5, 5.41) is 11.2. The van der Waals surface area contributed by atoms with Crippen molar-refractivity contribution in [3.63, 3.8) is 0 Å². The maximum absolute atomic E-state index is 13.8. The predicted molar refractivity (Wildman–Crippen MR) is 134 cm³/mol. The van der Waals surface area contributed by atoms with Crippen molar-refractivity contribution in [2.24, 2.45) is 0 Å². The minimum absolute atomic E-state index is 0.107. The summed E-state index contributed by atoms with van der Waals surface area (Å²) in [6.45, 7) is 10.3. The molecule has 1 aliphatic carbocycles. The second-order valence-corrected chi connectivity index (χ2v) is 11.4. The number of allylic oxidation sites excluding steroid dienone is 1. The number of phenols is 1. The van der Waals surface area contributed by atoms with Crippen LogP contribution in [0, 0.1) is 6.92 Å². The first kappa shape index (κ1) is 24.6. The zero-order chi connectivity index (χ0) is 23.3. The topological polar surface area (TPSA) is 55.8 Å². The van der Waals surface area contributed by atoms with Crippen LogP contribution in [0.4, 0.5) is 0 Å². The SMILES string of the molecule is C=C(C)c1ccc(C)cc1-c1c(O)cc(CCCCC)cc1OP(=O)(OC)C1CCCC1. The molecule has 32 heavy (non-hydrogen) atoms. The molecule has 2 aromatic rings. The summed E-state index contributed by atoms with van der Waals surface area (Å²) >= 11 is 0. The Morgan fingerprint density at radius 2 is 1.91 bits per heavy atom. The highest BCUT2D eigenvalue weighted by Gasteiger charge is 2.39. The number of unbranched alkanes of at least 4 members (excludes halogenated alkanes) is 2. The molecule has 174 valence electrons. The van der Waals surface area contributed by atoms with E-state index in [0.29, 0.717) is 11.3 Å². The van der Waals surface area contributed by atoms with Gasteiger partial charge in [0, 0.05) is 7.11 Å². The highest BCUT2D eigenvalue weighted by atomic mass is 31.2. The van der Waals surface area contributed by atoms with Gasteiger partial charge in [-0.25, -0.2) is 4.57 Å². The Morgan fingerprint density at radius 1 is 1.19 bits per heavy atom. The van der Waals surface area contributed by atoms with Gasteiger partial charge in [0.2, 0.25) is 0 Å². The van der Waals surface area contributed by atoms with Gasteiger partial charge in [-0.15, -0.1) is 0 Å². The molecule has 1 unspecified atom stereocenters. The van der Waals surface area contributed by atoms with E-state index in [4.69, 9.17) is 9.05 Å². The molecule has 2 aromatic carbocycles. The normalized spacial score (nSPS) is 16.1. The molecule has 1 fully saturated rings. The quantitative estimate of drug-likeness (QED) is 0.289. The van der Waals surface area contributed by atoms with E-state index in [1.54, 1.807) is 0 Å². The zero-order valence-electron chi connectivity index (χ0n) is 19.9. The van der Waals surface area contributed by atoms with Crippen molar-refractivity contribution in [3.8, 4) is 22.6 Å². The summed E-state index contributed by atoms with van der Waals surface area (Å²) < 4.78 is 25.6. The maximum atomic E-state index is 13.8. The molecule has 0 heterocycles. The molecule has 0 aromatic heterocycles. The fraction of sp³-hybridized carbons (Fsp3) is 0.481. The van der Waals surface area contributed by atoms with Gasteiger partial charge in [-0.3, -0.25) is 0 Å². The molecule has 1 aliphatic rings. The van der Waals surface area contributed by atoms with E-state index in [0.717, 1.165) is 79.2 Å². The average Bonchev–Trinajstić information content (AvgIpc) is 3.29. The number of aromatic hydroxyl groups is 1. The van der Waals surface area contributed by atoms with Crippen LogP contribution in [0.3, 0.4) is 0 Å². The lowest BCUT2D eigenvalue weighted by molar-refractivity contribution is 0.310. The van der Waals surface area contributed by atoms with Crippen LogP contribution in [0.2, 0.25) is 0 Å². The number of aryl methyl sites for hydroxylation is 2. The van der Waals surface area contributed by atoms with Crippen LogP contribution in [0.15, 0.2) is 36.9 Å². The first-order chi connectivity index (χ1) is 15.3. The number of rotatable bonds is 10. The first-order valence-corrected chi connectivity index (χ1v) is 13.4. The molecule has 0 spiro atoms. The average molecular weight is 457 g/mol. The molecule has 4 nitrogen and oxygen atoms in total. The van der Waals surface area contributed by atoms with Gasteiger partial charge >= 0.3 is 7.60 Å². The van der Waals surface area contributed by atoms with E-state index in [1.165, 1.54) is 7.11 Å². The number of phenolic OH excluding ortho intramolecular Hbond substituents is 1. The van der Waals surface area contributed by atoms with Crippen molar-refractivity contribution < 1.29 is 18.7 Å². The second-order valence-electron chi connectivity index (χ2n) is 9.03. The van der Waals surface area contributed by atoms with Gasteiger partial charge in [0.15, 0.2) is 0 Å². The van der Waals surface area contributed by atoms with Crippen LogP contribution in [0.5, 0.6) is 11.5 Å². The van der Waals surface area contributed by atoms with Crippen LogP contribution < -0.4 is 4.52 Å². The molecule has 1 atom stereocenters. The van der Waals surface area contributed by atoms with Crippen molar-refractivity contribution in [1.29, 1.82) is 0 Å². The van der Waals surface area contributed by atoms with Crippen molar-refractivity contribution >= 4 is 13.2 Å². The van der Waals surface area contributed by atoms with Crippen molar-refractivity contribution in [3.05, 3.63) is 53.6 Å². The minimum Gasteiger partial charge on any atom is -0.507 e. The lowest BCUT2D eigenvalue weighted by atomic mass is 9.91. The fourth-order valence-corrected chi connectivity index (χ4v) is 6.52. The molecule has 0 radical (unpaired) electrons. The molecular weight excluding hydrogens is 419 g/mol. The van der Waals surface area contributed by atoms with Crippen molar-refractivity contribution in [1.82, 2.24) is 0 Å². The Balaban J connectivity index is 2.15. The summed E-state index contributed by atoms with van der Waals surface area (Å²) in [5.41, 5.74) is 5.15. The van der Waals surface area contributed by atoms with Crippen LogP contribution in [0.25, 0.3) is 16.7 Å². The van der Waals surface area contributed by atoms with Gasteiger partial charge in [0.25, 0.3) is 0 Å². The van der Waals surface area contributed by atoms with Gasteiger partial charge in [0.1, 0.15) is 11.5 Å². The summed E-state index contributed by atoms with van der Waals surface area (Å²) in [6.07, 6.45) is 7.85. The Labute approximate surface area is 193 Å². The maximum Gasteiger partial charge on any atom is 0.381 e. The standard InChI is InChI=1S/C27H37O4P/c1-6-7-8-11-21-17-25(28)27(24-16-20(4)14-15-23(24)19(2)3)26(18-21)31-32(29,30-5)22-12-9-10-13-22/h14-18,22,28H,2,6-13H2,1,3-5H3. The van der Waals surface area contributed by atoms with Crippen LogP contribution >= 0.6 is 7.60 Å². The third kappa shape index (κ3) is 5.47. The Kier molecular flexibility index (Phi) is 8.25. The predicted octanol–water partition coefficient (Wildman–Crippen LogP) is 8.29. The molecule has 1 N–H and O–H groups in total. The molecule has 5 heteroatoms. The molecular formula is C27H37O4P. The van der Waals surface area contributed by atoms with Gasteiger partial charge < -0.3 is 14.2 Å². The molecule has 0 saturated heterocycles. The summed E-state index contributed by atoms with van der Waals surface area (Å²) in [6, 6.07) is 9.82. The fourth-order valence-electron chi connectivity index (χ4n) is 4.58. The Morgan fingerprint density at radius 3 is 2.53 bits per heavy atom. The monoisotopic (exact) mass is 456 g/mol. The molecule has 0 aliphatic heterocycles. The van der Waals surface area contributed by atoms with Gasteiger partial charge in [-0.1, -0.05) is 68.5 Å². The van der Waals surface area contributed by atoms with E-state index in [-0.39, 0.29) is 11.4 Å². The van der Waals surface area contributed by atoms with Crippen LogP contribution in [-0.4, -0.2) is 17.9 Å². The smallest absolute Gasteiger partial charge is 0.381 e. The second kappa shape index (κ2) is 10.7. The van der Waals surface area contributed by atoms with Crippen LogP contribution in [0.1, 0.15) is 75.5 Å². The van der Waals surface area contributed by atoms with Gasteiger partial charge in [0.05, 0.1) is 11.2 Å². The number of hydrogen-bond donors (Lipinski definition) is 1. The highest BCUT2D eigenvalue weighted by Crippen LogP contribution is 2.59. The minimum atomic E-state index is -3.37. The number of hydrogen-bond acceptors (Lipinski definition) is 4. The lowest BCUT2D eigenvalue weighted by Gasteiger charge is -2.25. The third-order valence-corrected chi connectivity index (χ3v) is 8.74. The van der Waals surface area contributed by atoms with E-state index in [9.17, 15) is 9.67 Å². The van der Waals surface area contributed by atoms with Crippen molar-refractivity contribution in [2.45, 2.75) is 77.8 Å². The van der Waals surface area contributed by atoms with Crippen molar-refractivity contribution in [2.75, 3.05) is 7.11 Å². The first-order valence-electron chi connectivity index (χ1n) is 11.8. The van der Waals surface area contributed by atoms with Gasteiger partial charge in [-0.05, 0) is 68.4 Å². The number of benzene rings is 2. The molecule has 0 amide bonds. The lowest BCUT2D eigenvalue weighted by Crippen LogP contribution is -2.11. The largest absolute Gasteiger partial charge is 0.507 e. The Hall–Kier alpha value is -2.03. The molecule has 1 saturated carbocycles.